The van der Waals surface area contributed by atoms with Crippen LogP contribution in [0.3, 0.4) is 0 Å². The highest BCUT2D eigenvalue weighted by Gasteiger charge is 2.20. The molecule has 0 aliphatic heterocycles. The number of aromatic nitrogens is 6. The number of hydrogen-bond donors (Lipinski definition) is 0. The standard InChI is InChI=1S/C21H22N6O2/c1-14-13-15(2)27(23-14)20-22-18-17(24(20)3)19(28)26(21(29)25(18)4)12-8-11-16-9-6-5-7-10-16/h5-11,13H,12H2,1-4H3/b11-8-. The van der Waals surface area contributed by atoms with Crippen molar-refractivity contribution in [2.75, 3.05) is 0 Å². The van der Waals surface area contributed by atoms with Gasteiger partial charge in [0, 0.05) is 26.3 Å². The van der Waals surface area contributed by atoms with Crippen LogP contribution in [0.15, 0.2) is 52.1 Å². The van der Waals surface area contributed by atoms with Gasteiger partial charge in [0.05, 0.1) is 5.69 Å². The maximum atomic E-state index is 13.1. The highest BCUT2D eigenvalue weighted by molar-refractivity contribution is 5.72. The van der Waals surface area contributed by atoms with Crippen LogP contribution >= 0.6 is 0 Å². The molecular weight excluding hydrogens is 368 g/mol. The molecule has 3 aromatic heterocycles. The van der Waals surface area contributed by atoms with Crippen molar-refractivity contribution in [2.24, 2.45) is 14.1 Å². The van der Waals surface area contributed by atoms with Gasteiger partial charge >= 0.3 is 5.69 Å². The van der Waals surface area contributed by atoms with E-state index in [1.165, 1.54) is 9.13 Å². The van der Waals surface area contributed by atoms with Crippen LogP contribution in [0.4, 0.5) is 0 Å². The van der Waals surface area contributed by atoms with Crippen LogP contribution in [0.2, 0.25) is 0 Å². The van der Waals surface area contributed by atoms with E-state index in [9.17, 15) is 9.59 Å². The number of nitrogens with zero attached hydrogens (tertiary/aromatic N) is 6. The Hall–Kier alpha value is -3.68. The fourth-order valence-electron chi connectivity index (χ4n) is 3.47. The molecule has 1 aromatic carbocycles. The number of hydrogen-bond acceptors (Lipinski definition) is 4. The zero-order chi connectivity index (χ0) is 20.7. The average Bonchev–Trinajstić information content (AvgIpc) is 3.22. The molecular formula is C21H22N6O2. The summed E-state index contributed by atoms with van der Waals surface area (Å²) in [7, 11) is 3.39. The van der Waals surface area contributed by atoms with Gasteiger partial charge in [0.2, 0.25) is 5.95 Å². The Morgan fingerprint density at radius 2 is 1.76 bits per heavy atom. The molecule has 0 aliphatic carbocycles. The third-order valence-corrected chi connectivity index (χ3v) is 4.93. The molecule has 0 unspecified atom stereocenters. The van der Waals surface area contributed by atoms with Gasteiger partial charge in [0.15, 0.2) is 11.2 Å². The fraction of sp³-hybridized carbons (Fsp3) is 0.238. The maximum Gasteiger partial charge on any atom is 0.332 e. The third kappa shape index (κ3) is 3.12. The number of fused-ring (bicyclic) bond motifs is 1. The topological polar surface area (TPSA) is 79.6 Å². The normalized spacial score (nSPS) is 11.7. The lowest BCUT2D eigenvalue weighted by atomic mass is 10.2. The molecule has 29 heavy (non-hydrogen) atoms. The maximum absolute atomic E-state index is 13.1. The van der Waals surface area contributed by atoms with Crippen LogP contribution in [0.5, 0.6) is 0 Å². The minimum Gasteiger partial charge on any atom is -0.306 e. The lowest BCUT2D eigenvalue weighted by molar-refractivity contribution is 0.666. The summed E-state index contributed by atoms with van der Waals surface area (Å²) in [6.07, 6.45) is 3.70. The van der Waals surface area contributed by atoms with Gasteiger partial charge in [-0.05, 0) is 25.5 Å². The van der Waals surface area contributed by atoms with E-state index in [1.54, 1.807) is 23.3 Å². The van der Waals surface area contributed by atoms with Crippen molar-refractivity contribution >= 4 is 17.2 Å². The average molecular weight is 390 g/mol. The van der Waals surface area contributed by atoms with E-state index in [1.807, 2.05) is 62.4 Å². The first-order valence-corrected chi connectivity index (χ1v) is 9.30. The molecule has 3 heterocycles. The van der Waals surface area contributed by atoms with Gasteiger partial charge in [0.25, 0.3) is 5.56 Å². The molecule has 0 atom stereocenters. The van der Waals surface area contributed by atoms with E-state index < -0.39 is 5.69 Å². The van der Waals surface area contributed by atoms with E-state index in [-0.39, 0.29) is 12.1 Å². The highest BCUT2D eigenvalue weighted by Crippen LogP contribution is 2.15. The van der Waals surface area contributed by atoms with Crippen LogP contribution in [0, 0.1) is 13.8 Å². The van der Waals surface area contributed by atoms with Crippen LogP contribution in [0.25, 0.3) is 23.2 Å². The first-order valence-electron chi connectivity index (χ1n) is 9.30. The molecule has 0 N–H and O–H groups in total. The van der Waals surface area contributed by atoms with E-state index in [0.717, 1.165) is 17.0 Å². The molecule has 0 amide bonds. The number of rotatable bonds is 4. The molecule has 148 valence electrons. The monoisotopic (exact) mass is 390 g/mol. The summed E-state index contributed by atoms with van der Waals surface area (Å²) in [4.78, 5) is 30.5. The molecule has 4 aromatic rings. The molecule has 0 radical (unpaired) electrons. The molecule has 0 bridgehead atoms. The predicted molar refractivity (Wildman–Crippen MR) is 112 cm³/mol. The van der Waals surface area contributed by atoms with E-state index in [4.69, 9.17) is 0 Å². The first-order chi connectivity index (χ1) is 13.9. The summed E-state index contributed by atoms with van der Waals surface area (Å²) in [5.74, 6) is 0.496. The van der Waals surface area contributed by atoms with Crippen molar-refractivity contribution in [3.63, 3.8) is 0 Å². The van der Waals surface area contributed by atoms with Crippen molar-refractivity contribution in [1.29, 1.82) is 0 Å². The van der Waals surface area contributed by atoms with E-state index in [0.29, 0.717) is 17.1 Å². The predicted octanol–water partition coefficient (Wildman–Crippen LogP) is 1.95. The second-order valence-corrected chi connectivity index (χ2v) is 7.05. The molecule has 0 fully saturated rings. The second kappa shape index (κ2) is 7.05. The summed E-state index contributed by atoms with van der Waals surface area (Å²) in [5.41, 5.74) is 2.69. The molecule has 0 spiro atoms. The van der Waals surface area contributed by atoms with Gasteiger partial charge in [-0.3, -0.25) is 13.9 Å². The molecule has 8 heteroatoms. The van der Waals surface area contributed by atoms with Gasteiger partial charge in [-0.2, -0.15) is 10.1 Å². The number of aryl methyl sites for hydroxylation is 4. The van der Waals surface area contributed by atoms with Crippen LogP contribution in [0.1, 0.15) is 17.0 Å². The highest BCUT2D eigenvalue weighted by atomic mass is 16.2. The van der Waals surface area contributed by atoms with Gasteiger partial charge < -0.3 is 4.57 Å². The minimum atomic E-state index is -0.404. The third-order valence-electron chi connectivity index (χ3n) is 4.93. The minimum absolute atomic E-state index is 0.177. The SMILES string of the molecule is Cc1cc(C)n(-c2nc3c(c(=O)n(C/C=C\c4ccccc4)c(=O)n3C)n2C)n1. The summed E-state index contributed by atoms with van der Waals surface area (Å²) in [6.45, 7) is 4.00. The van der Waals surface area contributed by atoms with Gasteiger partial charge in [-0.1, -0.05) is 42.5 Å². The molecule has 8 nitrogen and oxygen atoms in total. The van der Waals surface area contributed by atoms with Gasteiger partial charge in [-0.25, -0.2) is 9.48 Å². The molecule has 0 aliphatic rings. The Kier molecular flexibility index (Phi) is 4.54. The van der Waals surface area contributed by atoms with Gasteiger partial charge in [0.1, 0.15) is 0 Å². The van der Waals surface area contributed by atoms with E-state index in [2.05, 4.69) is 10.1 Å². The smallest absolute Gasteiger partial charge is 0.306 e. The lowest BCUT2D eigenvalue weighted by Crippen LogP contribution is -2.39. The number of benzene rings is 1. The van der Waals surface area contributed by atoms with E-state index >= 15 is 0 Å². The fourth-order valence-corrected chi connectivity index (χ4v) is 3.47. The number of allylic oxidation sites excluding steroid dienone is 1. The Labute approximate surface area is 167 Å². The summed E-state index contributed by atoms with van der Waals surface area (Å²) in [6, 6.07) is 11.7. The second-order valence-electron chi connectivity index (χ2n) is 7.05. The molecule has 4 rings (SSSR count). The van der Waals surface area contributed by atoms with Gasteiger partial charge in [-0.15, -0.1) is 0 Å². The Morgan fingerprint density at radius 3 is 2.41 bits per heavy atom. The molecule has 0 saturated carbocycles. The quantitative estimate of drug-likeness (QED) is 0.533. The van der Waals surface area contributed by atoms with Crippen LogP contribution < -0.4 is 11.2 Å². The Morgan fingerprint density at radius 1 is 1.03 bits per heavy atom. The number of imidazole rings is 1. The first kappa shape index (κ1) is 18.7. The molecule has 0 saturated heterocycles. The van der Waals surface area contributed by atoms with Crippen molar-refractivity contribution in [2.45, 2.75) is 20.4 Å². The summed E-state index contributed by atoms with van der Waals surface area (Å²) >= 11 is 0. The lowest BCUT2D eigenvalue weighted by Gasteiger charge is -2.06. The summed E-state index contributed by atoms with van der Waals surface area (Å²) < 4.78 is 5.99. The van der Waals surface area contributed by atoms with Crippen molar-refractivity contribution < 1.29 is 0 Å². The largest absolute Gasteiger partial charge is 0.332 e. The Bertz CT molecular complexity index is 1350. The zero-order valence-electron chi connectivity index (χ0n) is 16.8. The van der Waals surface area contributed by atoms with Crippen LogP contribution in [-0.4, -0.2) is 28.5 Å². The van der Waals surface area contributed by atoms with Crippen LogP contribution in [-0.2, 0) is 20.6 Å². The van der Waals surface area contributed by atoms with Crippen molar-refractivity contribution in [3.05, 3.63) is 80.3 Å². The van der Waals surface area contributed by atoms with Crippen molar-refractivity contribution in [3.8, 4) is 5.95 Å². The summed E-state index contributed by atoms with van der Waals surface area (Å²) in [5, 5.41) is 4.45. The van der Waals surface area contributed by atoms with Crippen molar-refractivity contribution in [1.82, 2.24) is 28.5 Å². The zero-order valence-corrected chi connectivity index (χ0v) is 16.8. The Balaban J connectivity index is 1.84.